The minimum Gasteiger partial charge on any atom is -0.478 e. The Morgan fingerprint density at radius 1 is 0.958 bits per heavy atom. The van der Waals surface area contributed by atoms with Gasteiger partial charge in [0.1, 0.15) is 13.2 Å². The van der Waals surface area contributed by atoms with E-state index >= 15 is 0 Å². The summed E-state index contributed by atoms with van der Waals surface area (Å²) in [6.07, 6.45) is 2.13. The van der Waals surface area contributed by atoms with Crippen LogP contribution in [-0.4, -0.2) is 49.3 Å². The zero-order valence-electron chi connectivity index (χ0n) is 13.1. The number of hydrogen-bond donors (Lipinski definition) is 1. The van der Waals surface area contributed by atoms with Gasteiger partial charge in [-0.05, 0) is 24.3 Å². The van der Waals surface area contributed by atoms with Gasteiger partial charge in [-0.2, -0.15) is 0 Å². The van der Waals surface area contributed by atoms with Crippen LogP contribution in [0.1, 0.15) is 10.4 Å². The molecule has 1 aromatic rings. The summed E-state index contributed by atoms with van der Waals surface area (Å²) < 4.78 is 9.87. The minimum absolute atomic E-state index is 0.112. The van der Waals surface area contributed by atoms with Crippen LogP contribution in [-0.2, 0) is 19.1 Å². The Morgan fingerprint density at radius 3 is 1.79 bits per heavy atom. The molecule has 0 aliphatic heterocycles. The van der Waals surface area contributed by atoms with Crippen molar-refractivity contribution in [1.29, 1.82) is 0 Å². The van der Waals surface area contributed by atoms with E-state index in [1.54, 1.807) is 17.0 Å². The van der Waals surface area contributed by atoms with Crippen LogP contribution in [0.4, 0.5) is 5.69 Å². The summed E-state index contributed by atoms with van der Waals surface area (Å²) in [5, 5.41) is 8.93. The summed E-state index contributed by atoms with van der Waals surface area (Å²) in [6.45, 7) is 7.53. The van der Waals surface area contributed by atoms with Gasteiger partial charge < -0.3 is 19.5 Å². The van der Waals surface area contributed by atoms with E-state index in [1.807, 2.05) is 0 Å². The molecule has 0 saturated heterocycles. The summed E-state index contributed by atoms with van der Waals surface area (Å²) in [7, 11) is 0. The molecule has 0 amide bonds. The standard InChI is InChI=1S/C17H19NO6/c1-3-15(19)23-11-9-18(10-12-24-16(20)4-2)14-7-5-13(6-8-14)17(21)22/h3-8H,1-2,9-12H2,(H,21,22). The third-order valence-corrected chi connectivity index (χ3v) is 3.02. The van der Waals surface area contributed by atoms with Crippen LogP contribution in [0.2, 0.25) is 0 Å². The number of anilines is 1. The molecule has 0 unspecified atom stereocenters. The number of esters is 2. The van der Waals surface area contributed by atoms with Crippen molar-refractivity contribution >= 4 is 23.6 Å². The van der Waals surface area contributed by atoms with Crippen molar-refractivity contribution in [3.05, 3.63) is 55.1 Å². The highest BCUT2D eigenvalue weighted by molar-refractivity contribution is 5.88. The molecule has 24 heavy (non-hydrogen) atoms. The highest BCUT2D eigenvalue weighted by atomic mass is 16.5. The Morgan fingerprint density at radius 2 is 1.42 bits per heavy atom. The van der Waals surface area contributed by atoms with Gasteiger partial charge in [0, 0.05) is 17.8 Å². The minimum atomic E-state index is -1.02. The van der Waals surface area contributed by atoms with Crippen molar-refractivity contribution < 1.29 is 29.0 Å². The first-order valence-electron chi connectivity index (χ1n) is 7.14. The first-order valence-corrected chi connectivity index (χ1v) is 7.14. The zero-order chi connectivity index (χ0) is 17.9. The molecule has 1 N–H and O–H groups in total. The number of nitrogens with zero attached hydrogens (tertiary/aromatic N) is 1. The largest absolute Gasteiger partial charge is 0.478 e. The quantitative estimate of drug-likeness (QED) is 0.514. The molecular formula is C17H19NO6. The molecule has 0 saturated carbocycles. The van der Waals surface area contributed by atoms with E-state index in [0.29, 0.717) is 18.8 Å². The Labute approximate surface area is 139 Å². The number of benzene rings is 1. The van der Waals surface area contributed by atoms with Gasteiger partial charge >= 0.3 is 17.9 Å². The second-order valence-corrected chi connectivity index (χ2v) is 4.58. The zero-order valence-corrected chi connectivity index (χ0v) is 13.1. The van der Waals surface area contributed by atoms with Crippen molar-refractivity contribution in [2.75, 3.05) is 31.2 Å². The van der Waals surface area contributed by atoms with E-state index in [4.69, 9.17) is 14.6 Å². The van der Waals surface area contributed by atoms with Crippen molar-refractivity contribution in [2.24, 2.45) is 0 Å². The Hall–Kier alpha value is -3.09. The van der Waals surface area contributed by atoms with Crippen LogP contribution >= 0.6 is 0 Å². The highest BCUT2D eigenvalue weighted by Crippen LogP contribution is 2.15. The Kier molecular flexibility index (Phi) is 7.77. The molecule has 0 aliphatic carbocycles. The molecule has 7 nitrogen and oxygen atoms in total. The van der Waals surface area contributed by atoms with Crippen LogP contribution in [0.25, 0.3) is 0 Å². The lowest BCUT2D eigenvalue weighted by Crippen LogP contribution is -2.32. The summed E-state index contributed by atoms with van der Waals surface area (Å²) in [6, 6.07) is 6.20. The number of carboxylic acid groups (broad SMARTS) is 1. The van der Waals surface area contributed by atoms with E-state index in [-0.39, 0.29) is 18.8 Å². The molecule has 0 aromatic heterocycles. The third kappa shape index (κ3) is 6.35. The normalized spacial score (nSPS) is 9.67. The van der Waals surface area contributed by atoms with Gasteiger partial charge in [-0.1, -0.05) is 13.2 Å². The number of carbonyl (C=O) groups excluding carboxylic acids is 2. The number of ether oxygens (including phenoxy) is 2. The van der Waals surface area contributed by atoms with Gasteiger partial charge in [0.25, 0.3) is 0 Å². The van der Waals surface area contributed by atoms with E-state index in [9.17, 15) is 14.4 Å². The Balaban J connectivity index is 2.72. The Bertz CT molecular complexity index is 582. The second-order valence-electron chi connectivity index (χ2n) is 4.58. The lowest BCUT2D eigenvalue weighted by Gasteiger charge is -2.24. The van der Waals surface area contributed by atoms with Gasteiger partial charge in [0.15, 0.2) is 0 Å². The molecule has 0 fully saturated rings. The average Bonchev–Trinajstić information content (AvgIpc) is 2.59. The van der Waals surface area contributed by atoms with Crippen LogP contribution in [0.15, 0.2) is 49.6 Å². The maximum Gasteiger partial charge on any atom is 0.335 e. The summed E-state index contributed by atoms with van der Waals surface area (Å²) >= 11 is 0. The number of hydrogen-bond acceptors (Lipinski definition) is 6. The summed E-state index contributed by atoms with van der Waals surface area (Å²) in [4.78, 5) is 34.9. The van der Waals surface area contributed by atoms with Gasteiger partial charge in [0.2, 0.25) is 0 Å². The molecular weight excluding hydrogens is 314 g/mol. The molecule has 7 heteroatoms. The number of carboxylic acids is 1. The van der Waals surface area contributed by atoms with Crippen LogP contribution in [0.5, 0.6) is 0 Å². The molecule has 1 rings (SSSR count). The fraction of sp³-hybridized carbons (Fsp3) is 0.235. The fourth-order valence-corrected chi connectivity index (χ4v) is 1.82. The van der Waals surface area contributed by atoms with Crippen molar-refractivity contribution in [3.8, 4) is 0 Å². The lowest BCUT2D eigenvalue weighted by atomic mass is 10.2. The van der Waals surface area contributed by atoms with E-state index in [2.05, 4.69) is 13.2 Å². The second kappa shape index (κ2) is 9.83. The third-order valence-electron chi connectivity index (χ3n) is 3.02. The van der Waals surface area contributed by atoms with Crippen molar-refractivity contribution in [2.45, 2.75) is 0 Å². The average molecular weight is 333 g/mol. The molecule has 0 heterocycles. The maximum atomic E-state index is 11.1. The first-order chi connectivity index (χ1) is 11.5. The molecule has 128 valence electrons. The SMILES string of the molecule is C=CC(=O)OCCN(CCOC(=O)C=C)c1ccc(C(=O)O)cc1. The number of aromatic carboxylic acids is 1. The molecule has 1 aromatic carbocycles. The highest BCUT2D eigenvalue weighted by Gasteiger charge is 2.10. The number of rotatable bonds is 10. The first kappa shape index (κ1) is 19.0. The van der Waals surface area contributed by atoms with Crippen LogP contribution < -0.4 is 4.90 Å². The van der Waals surface area contributed by atoms with E-state index < -0.39 is 17.9 Å². The van der Waals surface area contributed by atoms with Gasteiger partial charge in [-0.15, -0.1) is 0 Å². The van der Waals surface area contributed by atoms with Crippen LogP contribution in [0, 0.1) is 0 Å². The van der Waals surface area contributed by atoms with E-state index in [0.717, 1.165) is 12.2 Å². The van der Waals surface area contributed by atoms with E-state index in [1.165, 1.54) is 12.1 Å². The summed E-state index contributed by atoms with van der Waals surface area (Å²) in [5.41, 5.74) is 0.874. The van der Waals surface area contributed by atoms with Gasteiger partial charge in [-0.3, -0.25) is 0 Å². The van der Waals surface area contributed by atoms with Crippen LogP contribution in [0.3, 0.4) is 0 Å². The van der Waals surface area contributed by atoms with Gasteiger partial charge in [0.05, 0.1) is 18.7 Å². The van der Waals surface area contributed by atoms with Gasteiger partial charge in [-0.25, -0.2) is 14.4 Å². The topological polar surface area (TPSA) is 93.1 Å². The molecule has 0 atom stereocenters. The monoisotopic (exact) mass is 333 g/mol. The van der Waals surface area contributed by atoms with Crippen molar-refractivity contribution in [1.82, 2.24) is 0 Å². The molecule has 0 spiro atoms. The smallest absolute Gasteiger partial charge is 0.335 e. The summed E-state index contributed by atoms with van der Waals surface area (Å²) in [5.74, 6) is -2.09. The van der Waals surface area contributed by atoms with Crippen molar-refractivity contribution in [3.63, 3.8) is 0 Å². The molecule has 0 radical (unpaired) electrons. The predicted molar refractivity (Wildman–Crippen MR) is 87.9 cm³/mol. The maximum absolute atomic E-state index is 11.1. The molecule has 0 aliphatic rings. The molecule has 0 bridgehead atoms. The number of carbonyl (C=O) groups is 3. The lowest BCUT2D eigenvalue weighted by molar-refractivity contribution is -0.137. The fourth-order valence-electron chi connectivity index (χ4n) is 1.82. The predicted octanol–water partition coefficient (Wildman–Crippen LogP) is 1.65.